The second kappa shape index (κ2) is 6.25. The van der Waals surface area contributed by atoms with Crippen molar-refractivity contribution in [3.05, 3.63) is 47.7 Å². The molecule has 1 aliphatic carbocycles. The highest BCUT2D eigenvalue weighted by Gasteiger charge is 2.19. The summed E-state index contributed by atoms with van der Waals surface area (Å²) < 4.78 is 28.0. The van der Waals surface area contributed by atoms with Crippen molar-refractivity contribution >= 4 is 11.7 Å². The fourth-order valence-electron chi connectivity index (χ4n) is 2.86. The zero-order valence-corrected chi connectivity index (χ0v) is 12.1. The van der Waals surface area contributed by atoms with Crippen LogP contribution in [0, 0.1) is 11.6 Å². The average Bonchev–Trinajstić information content (AvgIpc) is 2.99. The molecule has 0 unspecified atom stereocenters. The minimum Gasteiger partial charge on any atom is -0.307 e. The summed E-state index contributed by atoms with van der Waals surface area (Å²) in [5.74, 6) is -1.89. The molecule has 1 aromatic carbocycles. The lowest BCUT2D eigenvalue weighted by molar-refractivity contribution is 0.102. The van der Waals surface area contributed by atoms with Gasteiger partial charge in [0.05, 0.1) is 12.2 Å². The van der Waals surface area contributed by atoms with Gasteiger partial charge in [0.25, 0.3) is 5.91 Å². The van der Waals surface area contributed by atoms with Crippen LogP contribution in [-0.4, -0.2) is 15.7 Å². The summed E-state index contributed by atoms with van der Waals surface area (Å²) in [6.45, 7) is 0. The predicted molar refractivity (Wildman–Crippen MR) is 78.7 cm³/mol. The van der Waals surface area contributed by atoms with E-state index in [-0.39, 0.29) is 11.6 Å². The third-order valence-electron chi connectivity index (χ3n) is 4.01. The first kappa shape index (κ1) is 14.7. The van der Waals surface area contributed by atoms with Gasteiger partial charge in [-0.1, -0.05) is 19.3 Å². The summed E-state index contributed by atoms with van der Waals surface area (Å²) in [4.78, 5) is 12.2. The Kier molecular flexibility index (Phi) is 4.18. The van der Waals surface area contributed by atoms with Crippen LogP contribution >= 0.6 is 0 Å². The van der Waals surface area contributed by atoms with E-state index in [1.807, 2.05) is 4.68 Å². The Balaban J connectivity index is 1.76. The number of halogens is 2. The van der Waals surface area contributed by atoms with E-state index in [1.54, 1.807) is 12.3 Å². The Labute approximate surface area is 127 Å². The van der Waals surface area contributed by atoms with Crippen LogP contribution < -0.4 is 5.32 Å². The molecule has 0 aliphatic heterocycles. The second-order valence-electron chi connectivity index (χ2n) is 5.54. The first-order chi connectivity index (χ1) is 10.6. The van der Waals surface area contributed by atoms with Gasteiger partial charge in [-0.15, -0.1) is 0 Å². The molecule has 6 heteroatoms. The maximum Gasteiger partial charge on any atom is 0.256 e. The molecule has 1 N–H and O–H groups in total. The molecule has 4 nitrogen and oxygen atoms in total. The number of hydrogen-bond donors (Lipinski definition) is 1. The Morgan fingerprint density at radius 1 is 1.14 bits per heavy atom. The maximum absolute atomic E-state index is 13.2. The molecule has 0 saturated heterocycles. The van der Waals surface area contributed by atoms with Crippen molar-refractivity contribution in [2.45, 2.75) is 38.1 Å². The Morgan fingerprint density at radius 2 is 1.91 bits per heavy atom. The van der Waals surface area contributed by atoms with E-state index in [0.717, 1.165) is 37.8 Å². The molecule has 0 bridgehead atoms. The van der Waals surface area contributed by atoms with Crippen molar-refractivity contribution in [3.8, 4) is 0 Å². The minimum absolute atomic E-state index is 0.0790. The third kappa shape index (κ3) is 3.00. The van der Waals surface area contributed by atoms with Crippen molar-refractivity contribution in [3.63, 3.8) is 0 Å². The van der Waals surface area contributed by atoms with Gasteiger partial charge in [-0.05, 0) is 31.0 Å². The van der Waals surface area contributed by atoms with Crippen LogP contribution in [0.3, 0.4) is 0 Å². The largest absolute Gasteiger partial charge is 0.307 e. The molecule has 1 aromatic heterocycles. The summed E-state index contributed by atoms with van der Waals surface area (Å²) in [6.07, 6.45) is 7.25. The highest BCUT2D eigenvalue weighted by Crippen LogP contribution is 2.30. The Bertz CT molecular complexity index is 678. The van der Waals surface area contributed by atoms with E-state index in [4.69, 9.17) is 0 Å². The van der Waals surface area contributed by atoms with E-state index in [9.17, 15) is 13.6 Å². The summed E-state index contributed by atoms with van der Waals surface area (Å²) in [7, 11) is 0. The number of carbonyl (C=O) groups is 1. The Morgan fingerprint density at radius 3 is 2.64 bits per heavy atom. The molecule has 1 heterocycles. The average molecular weight is 305 g/mol. The molecule has 116 valence electrons. The van der Waals surface area contributed by atoms with Gasteiger partial charge in [0.15, 0.2) is 11.6 Å². The van der Waals surface area contributed by atoms with E-state index >= 15 is 0 Å². The molecule has 1 saturated carbocycles. The molecule has 1 aliphatic rings. The zero-order chi connectivity index (χ0) is 15.5. The van der Waals surface area contributed by atoms with E-state index < -0.39 is 17.5 Å². The van der Waals surface area contributed by atoms with Crippen LogP contribution in [-0.2, 0) is 0 Å². The number of carbonyl (C=O) groups excluding carboxylic acids is 1. The molecule has 0 atom stereocenters. The summed E-state index contributed by atoms with van der Waals surface area (Å²) in [6, 6.07) is 5.10. The lowest BCUT2D eigenvalue weighted by Gasteiger charge is -2.23. The summed E-state index contributed by atoms with van der Waals surface area (Å²) >= 11 is 0. The number of anilines is 1. The Hall–Kier alpha value is -2.24. The van der Waals surface area contributed by atoms with E-state index in [0.29, 0.717) is 5.82 Å². The molecular weight excluding hydrogens is 288 g/mol. The van der Waals surface area contributed by atoms with Crippen LogP contribution in [0.25, 0.3) is 0 Å². The molecule has 0 radical (unpaired) electrons. The number of amides is 1. The number of hydrogen-bond acceptors (Lipinski definition) is 2. The summed E-state index contributed by atoms with van der Waals surface area (Å²) in [5.41, 5.74) is 0.0790. The number of rotatable bonds is 3. The molecule has 1 amide bonds. The van der Waals surface area contributed by atoms with Crippen LogP contribution in [0.4, 0.5) is 14.6 Å². The monoisotopic (exact) mass is 305 g/mol. The second-order valence-corrected chi connectivity index (χ2v) is 5.54. The molecule has 22 heavy (non-hydrogen) atoms. The van der Waals surface area contributed by atoms with Crippen molar-refractivity contribution in [2.24, 2.45) is 0 Å². The van der Waals surface area contributed by atoms with Gasteiger partial charge in [-0.3, -0.25) is 4.79 Å². The smallest absolute Gasteiger partial charge is 0.256 e. The lowest BCUT2D eigenvalue weighted by atomic mass is 9.96. The topological polar surface area (TPSA) is 46.9 Å². The van der Waals surface area contributed by atoms with Crippen molar-refractivity contribution < 1.29 is 13.6 Å². The first-order valence-corrected chi connectivity index (χ1v) is 7.45. The lowest BCUT2D eigenvalue weighted by Crippen LogP contribution is -2.20. The molecule has 3 rings (SSSR count). The van der Waals surface area contributed by atoms with Gasteiger partial charge < -0.3 is 5.32 Å². The number of benzene rings is 1. The molecule has 1 fully saturated rings. The fraction of sp³-hybridized carbons (Fsp3) is 0.375. The SMILES string of the molecule is O=C(Nc1ccnn1C1CCCCC1)c1ccc(F)c(F)c1. The highest BCUT2D eigenvalue weighted by atomic mass is 19.2. The highest BCUT2D eigenvalue weighted by molar-refractivity contribution is 6.03. The number of aromatic nitrogens is 2. The summed E-state index contributed by atoms with van der Waals surface area (Å²) in [5, 5.41) is 7.01. The first-order valence-electron chi connectivity index (χ1n) is 7.45. The van der Waals surface area contributed by atoms with Gasteiger partial charge in [0.2, 0.25) is 0 Å². The number of nitrogens with one attached hydrogen (secondary N) is 1. The van der Waals surface area contributed by atoms with Crippen molar-refractivity contribution in [1.29, 1.82) is 0 Å². The normalized spacial score (nSPS) is 15.7. The van der Waals surface area contributed by atoms with Gasteiger partial charge in [0, 0.05) is 11.6 Å². The van der Waals surface area contributed by atoms with Crippen LogP contribution in [0.5, 0.6) is 0 Å². The molecular formula is C16H17F2N3O. The van der Waals surface area contributed by atoms with Gasteiger partial charge in [-0.25, -0.2) is 13.5 Å². The van der Waals surface area contributed by atoms with E-state index in [1.165, 1.54) is 12.5 Å². The number of nitrogens with zero attached hydrogens (tertiary/aromatic N) is 2. The predicted octanol–water partition coefficient (Wildman–Crippen LogP) is 3.92. The quantitative estimate of drug-likeness (QED) is 0.934. The standard InChI is InChI=1S/C16H17F2N3O/c17-13-7-6-11(10-14(13)18)16(22)20-15-8-9-19-21(15)12-4-2-1-3-5-12/h6-10,12H,1-5H2,(H,20,22). The van der Waals surface area contributed by atoms with Gasteiger partial charge in [0.1, 0.15) is 5.82 Å². The van der Waals surface area contributed by atoms with Gasteiger partial charge in [-0.2, -0.15) is 5.10 Å². The van der Waals surface area contributed by atoms with Crippen molar-refractivity contribution in [1.82, 2.24) is 9.78 Å². The fourth-order valence-corrected chi connectivity index (χ4v) is 2.86. The molecule has 0 spiro atoms. The third-order valence-corrected chi connectivity index (χ3v) is 4.01. The zero-order valence-electron chi connectivity index (χ0n) is 12.1. The minimum atomic E-state index is -1.03. The van der Waals surface area contributed by atoms with Gasteiger partial charge >= 0.3 is 0 Å². The van der Waals surface area contributed by atoms with Crippen molar-refractivity contribution in [2.75, 3.05) is 5.32 Å². The van der Waals surface area contributed by atoms with Crippen LogP contribution in [0.1, 0.15) is 48.5 Å². The maximum atomic E-state index is 13.2. The van der Waals surface area contributed by atoms with Crippen LogP contribution in [0.2, 0.25) is 0 Å². The van der Waals surface area contributed by atoms with Crippen LogP contribution in [0.15, 0.2) is 30.5 Å². The van der Waals surface area contributed by atoms with E-state index in [2.05, 4.69) is 10.4 Å². The molecule has 2 aromatic rings.